The Labute approximate surface area is 78.4 Å². The highest BCUT2D eigenvalue weighted by atomic mass is 32.2. The predicted octanol–water partition coefficient (Wildman–Crippen LogP) is 3.00. The molecule has 0 amide bonds. The van der Waals surface area contributed by atoms with Crippen LogP contribution < -0.4 is 5.73 Å². The van der Waals surface area contributed by atoms with E-state index in [9.17, 15) is 0 Å². The van der Waals surface area contributed by atoms with Crippen molar-refractivity contribution in [1.82, 2.24) is 0 Å². The first kappa shape index (κ1) is 9.46. The summed E-state index contributed by atoms with van der Waals surface area (Å²) >= 11 is 1.82. The number of aryl methyl sites for hydroxylation is 2. The molecule has 0 fully saturated rings. The van der Waals surface area contributed by atoms with Gasteiger partial charge in [0, 0.05) is 10.6 Å². The van der Waals surface area contributed by atoms with Crippen LogP contribution in [0.3, 0.4) is 0 Å². The largest absolute Gasteiger partial charge is 0.398 e. The Kier molecular flexibility index (Phi) is 3.04. The quantitative estimate of drug-likeness (QED) is 0.560. The molecule has 0 unspecified atom stereocenters. The number of nitrogens with two attached hydrogens (primary N) is 1. The van der Waals surface area contributed by atoms with Gasteiger partial charge in [0.1, 0.15) is 0 Å². The molecule has 0 saturated carbocycles. The third kappa shape index (κ3) is 1.75. The number of nitrogen functional groups attached to an aromatic ring is 1. The predicted molar refractivity (Wildman–Crippen MR) is 56.7 cm³/mol. The summed E-state index contributed by atoms with van der Waals surface area (Å²) in [5.41, 5.74) is 9.35. The molecule has 0 aliphatic rings. The molecule has 1 aromatic carbocycles. The molecule has 0 spiro atoms. The van der Waals surface area contributed by atoms with Crippen molar-refractivity contribution >= 4 is 17.4 Å². The van der Waals surface area contributed by atoms with Gasteiger partial charge >= 0.3 is 0 Å². The van der Waals surface area contributed by atoms with Crippen molar-refractivity contribution in [3.63, 3.8) is 0 Å². The van der Waals surface area contributed by atoms with Gasteiger partial charge in [-0.3, -0.25) is 0 Å². The lowest BCUT2D eigenvalue weighted by Gasteiger charge is -2.09. The normalized spacial score (nSPS) is 10.2. The molecule has 2 N–H and O–H groups in total. The van der Waals surface area contributed by atoms with Crippen LogP contribution in [0.15, 0.2) is 17.0 Å². The summed E-state index contributed by atoms with van der Waals surface area (Å²) in [5.74, 6) is 1.08. The third-order valence-electron chi connectivity index (χ3n) is 1.90. The standard InChI is InChI=1S/C10H15NS/c1-4-12-10-8(3)6-5-7(2)9(10)11/h5-6H,4,11H2,1-3H3. The Hall–Kier alpha value is -0.630. The van der Waals surface area contributed by atoms with E-state index in [-0.39, 0.29) is 0 Å². The molecule has 2 heteroatoms. The van der Waals surface area contributed by atoms with Crippen LogP contribution in [-0.2, 0) is 0 Å². The van der Waals surface area contributed by atoms with Crippen LogP contribution in [-0.4, -0.2) is 5.75 Å². The van der Waals surface area contributed by atoms with Crippen molar-refractivity contribution in [3.05, 3.63) is 23.3 Å². The highest BCUT2D eigenvalue weighted by Crippen LogP contribution is 2.30. The molecular formula is C10H15NS. The van der Waals surface area contributed by atoms with E-state index in [4.69, 9.17) is 5.73 Å². The van der Waals surface area contributed by atoms with Crippen molar-refractivity contribution < 1.29 is 0 Å². The van der Waals surface area contributed by atoms with Crippen molar-refractivity contribution in [1.29, 1.82) is 0 Å². The van der Waals surface area contributed by atoms with Crippen LogP contribution in [0.4, 0.5) is 5.69 Å². The molecule has 1 aromatic rings. The molecule has 1 nitrogen and oxygen atoms in total. The molecule has 0 aromatic heterocycles. The van der Waals surface area contributed by atoms with E-state index < -0.39 is 0 Å². The lowest BCUT2D eigenvalue weighted by Crippen LogP contribution is -1.94. The van der Waals surface area contributed by atoms with Crippen molar-refractivity contribution in [2.75, 3.05) is 11.5 Å². The summed E-state index contributed by atoms with van der Waals surface area (Å²) in [6.07, 6.45) is 0. The minimum Gasteiger partial charge on any atom is -0.398 e. The first-order valence-electron chi connectivity index (χ1n) is 4.15. The third-order valence-corrected chi connectivity index (χ3v) is 3.02. The lowest BCUT2D eigenvalue weighted by molar-refractivity contribution is 1.26. The fourth-order valence-electron chi connectivity index (χ4n) is 1.14. The zero-order valence-electron chi connectivity index (χ0n) is 7.85. The molecule has 0 aliphatic heterocycles. The molecule has 0 atom stereocenters. The average molecular weight is 181 g/mol. The van der Waals surface area contributed by atoms with Gasteiger partial charge in [0.25, 0.3) is 0 Å². The summed E-state index contributed by atoms with van der Waals surface area (Å²) in [6, 6.07) is 4.20. The van der Waals surface area contributed by atoms with Crippen molar-refractivity contribution in [2.45, 2.75) is 25.7 Å². The minimum atomic E-state index is 0.946. The van der Waals surface area contributed by atoms with Gasteiger partial charge in [-0.1, -0.05) is 19.1 Å². The topological polar surface area (TPSA) is 26.0 Å². The van der Waals surface area contributed by atoms with Gasteiger partial charge in [0.15, 0.2) is 0 Å². The summed E-state index contributed by atoms with van der Waals surface area (Å²) in [4.78, 5) is 1.25. The van der Waals surface area contributed by atoms with E-state index in [1.54, 1.807) is 0 Å². The maximum absolute atomic E-state index is 5.95. The van der Waals surface area contributed by atoms with Gasteiger partial charge in [-0.05, 0) is 30.7 Å². The van der Waals surface area contributed by atoms with Gasteiger partial charge in [-0.2, -0.15) is 0 Å². The minimum absolute atomic E-state index is 0.946. The van der Waals surface area contributed by atoms with E-state index in [1.807, 2.05) is 11.8 Å². The number of hydrogen-bond acceptors (Lipinski definition) is 2. The van der Waals surface area contributed by atoms with E-state index >= 15 is 0 Å². The smallest absolute Gasteiger partial charge is 0.0484 e. The van der Waals surface area contributed by atoms with E-state index in [0.29, 0.717) is 0 Å². The second-order valence-electron chi connectivity index (χ2n) is 2.88. The number of thioether (sulfide) groups is 1. The van der Waals surface area contributed by atoms with Gasteiger partial charge in [0.2, 0.25) is 0 Å². The molecule has 0 bridgehead atoms. The maximum Gasteiger partial charge on any atom is 0.0484 e. The zero-order chi connectivity index (χ0) is 9.14. The van der Waals surface area contributed by atoms with Crippen LogP contribution in [0.5, 0.6) is 0 Å². The summed E-state index contributed by atoms with van der Waals surface area (Å²) in [6.45, 7) is 6.30. The molecule has 0 saturated heterocycles. The second-order valence-corrected chi connectivity index (χ2v) is 4.15. The van der Waals surface area contributed by atoms with Crippen LogP contribution >= 0.6 is 11.8 Å². The van der Waals surface area contributed by atoms with E-state index in [2.05, 4.69) is 32.9 Å². The Morgan fingerprint density at radius 2 is 1.83 bits per heavy atom. The van der Waals surface area contributed by atoms with Gasteiger partial charge in [-0.15, -0.1) is 11.8 Å². The molecular weight excluding hydrogens is 166 g/mol. The summed E-state index contributed by atoms with van der Waals surface area (Å²) < 4.78 is 0. The Bertz CT molecular complexity index is 281. The lowest BCUT2D eigenvalue weighted by atomic mass is 10.1. The first-order chi connectivity index (χ1) is 5.66. The molecule has 66 valence electrons. The highest BCUT2D eigenvalue weighted by Gasteiger charge is 2.04. The molecule has 0 radical (unpaired) electrons. The van der Waals surface area contributed by atoms with Crippen LogP contribution in [0.2, 0.25) is 0 Å². The number of hydrogen-bond donors (Lipinski definition) is 1. The van der Waals surface area contributed by atoms with E-state index in [0.717, 1.165) is 11.4 Å². The molecule has 12 heavy (non-hydrogen) atoms. The monoisotopic (exact) mass is 181 g/mol. The Balaban J connectivity index is 3.14. The number of rotatable bonds is 2. The van der Waals surface area contributed by atoms with Crippen molar-refractivity contribution in [3.8, 4) is 0 Å². The molecule has 0 heterocycles. The van der Waals surface area contributed by atoms with E-state index in [1.165, 1.54) is 16.0 Å². The van der Waals surface area contributed by atoms with Crippen molar-refractivity contribution in [2.24, 2.45) is 0 Å². The Morgan fingerprint density at radius 1 is 1.25 bits per heavy atom. The van der Waals surface area contributed by atoms with Crippen LogP contribution in [0.25, 0.3) is 0 Å². The maximum atomic E-state index is 5.95. The summed E-state index contributed by atoms with van der Waals surface area (Å²) in [7, 11) is 0. The zero-order valence-corrected chi connectivity index (χ0v) is 8.66. The summed E-state index contributed by atoms with van der Waals surface area (Å²) in [5, 5.41) is 0. The first-order valence-corrected chi connectivity index (χ1v) is 5.13. The average Bonchev–Trinajstić information content (AvgIpc) is 2.06. The number of benzene rings is 1. The fraction of sp³-hybridized carbons (Fsp3) is 0.400. The van der Waals surface area contributed by atoms with Gasteiger partial charge in [-0.25, -0.2) is 0 Å². The second kappa shape index (κ2) is 3.85. The Morgan fingerprint density at radius 3 is 2.42 bits per heavy atom. The molecule has 1 rings (SSSR count). The molecule has 0 aliphatic carbocycles. The van der Waals surface area contributed by atoms with Crippen LogP contribution in [0, 0.1) is 13.8 Å². The highest BCUT2D eigenvalue weighted by molar-refractivity contribution is 7.99. The fourth-order valence-corrected chi connectivity index (χ4v) is 2.04. The van der Waals surface area contributed by atoms with Gasteiger partial charge < -0.3 is 5.73 Å². The number of anilines is 1. The van der Waals surface area contributed by atoms with Crippen LogP contribution in [0.1, 0.15) is 18.1 Å². The SMILES string of the molecule is CCSc1c(C)ccc(C)c1N. The van der Waals surface area contributed by atoms with Gasteiger partial charge in [0.05, 0.1) is 0 Å².